The molecule has 0 saturated carbocycles. The second-order valence-electron chi connectivity index (χ2n) is 3.46. The first-order chi connectivity index (χ1) is 7.16. The largest absolute Gasteiger partial charge is 0.358 e. The summed E-state index contributed by atoms with van der Waals surface area (Å²) in [6.45, 7) is 0.773. The highest BCUT2D eigenvalue weighted by Crippen LogP contribution is 2.14. The highest BCUT2D eigenvalue weighted by molar-refractivity contribution is 6.28. The third-order valence-corrected chi connectivity index (χ3v) is 2.56. The average Bonchev–Trinajstić information content (AvgIpc) is 2.50. The summed E-state index contributed by atoms with van der Waals surface area (Å²) < 4.78 is 0. The van der Waals surface area contributed by atoms with Crippen LogP contribution in [-0.4, -0.2) is 40.4 Å². The number of likely N-dealkylation sites (tertiary alicyclic amines) is 1. The molecule has 80 valence electrons. The van der Waals surface area contributed by atoms with Gasteiger partial charge in [-0.2, -0.15) is 0 Å². The molecule has 2 heterocycles. The zero-order valence-corrected chi connectivity index (χ0v) is 9.03. The van der Waals surface area contributed by atoms with E-state index in [1.165, 1.54) is 0 Å². The van der Waals surface area contributed by atoms with Gasteiger partial charge >= 0.3 is 0 Å². The second kappa shape index (κ2) is 4.02. The standard InChI is InChI=1S/C9H11ClN4O/c1-14-5-3-6(8(14)15)12-7-2-4-11-9(10)13-7/h2,4,6H,3,5H2,1H3,(H,11,12,13). The van der Waals surface area contributed by atoms with E-state index in [2.05, 4.69) is 15.3 Å². The minimum absolute atomic E-state index is 0.0877. The van der Waals surface area contributed by atoms with Crippen molar-refractivity contribution >= 4 is 23.3 Å². The maximum absolute atomic E-state index is 11.6. The van der Waals surface area contributed by atoms with Gasteiger partial charge in [-0.15, -0.1) is 0 Å². The lowest BCUT2D eigenvalue weighted by Crippen LogP contribution is -2.31. The fourth-order valence-corrected chi connectivity index (χ4v) is 1.70. The molecular weight excluding hydrogens is 216 g/mol. The highest BCUT2D eigenvalue weighted by atomic mass is 35.5. The molecule has 0 spiro atoms. The number of carbonyl (C=O) groups is 1. The number of hydrogen-bond acceptors (Lipinski definition) is 4. The van der Waals surface area contributed by atoms with Crippen molar-refractivity contribution < 1.29 is 4.79 Å². The minimum atomic E-state index is -0.194. The Morgan fingerprint density at radius 2 is 2.47 bits per heavy atom. The molecule has 5 nitrogen and oxygen atoms in total. The number of halogens is 1. The highest BCUT2D eigenvalue weighted by Gasteiger charge is 2.28. The first-order valence-corrected chi connectivity index (χ1v) is 5.04. The molecule has 1 aromatic heterocycles. The molecule has 1 aliphatic heterocycles. The zero-order chi connectivity index (χ0) is 10.8. The topological polar surface area (TPSA) is 58.1 Å². The Morgan fingerprint density at radius 3 is 3.07 bits per heavy atom. The summed E-state index contributed by atoms with van der Waals surface area (Å²) in [4.78, 5) is 21.0. The van der Waals surface area contributed by atoms with Crippen molar-refractivity contribution in [3.63, 3.8) is 0 Å². The summed E-state index contributed by atoms with van der Waals surface area (Å²) in [6.07, 6.45) is 2.35. The molecule has 1 amide bonds. The molecule has 1 fully saturated rings. The lowest BCUT2D eigenvalue weighted by Gasteiger charge is -2.12. The summed E-state index contributed by atoms with van der Waals surface area (Å²) in [5.41, 5.74) is 0. The van der Waals surface area contributed by atoms with Gasteiger partial charge in [-0.25, -0.2) is 9.97 Å². The van der Waals surface area contributed by atoms with Crippen LogP contribution in [0, 0.1) is 0 Å². The van der Waals surface area contributed by atoms with Gasteiger partial charge in [-0.05, 0) is 24.1 Å². The van der Waals surface area contributed by atoms with Gasteiger partial charge < -0.3 is 10.2 Å². The molecule has 0 radical (unpaired) electrons. The van der Waals surface area contributed by atoms with Gasteiger partial charge in [-0.3, -0.25) is 4.79 Å². The average molecular weight is 227 g/mol. The lowest BCUT2D eigenvalue weighted by molar-refractivity contribution is -0.127. The molecule has 2 rings (SSSR count). The SMILES string of the molecule is CN1CCC(Nc2ccnc(Cl)n2)C1=O. The number of nitrogens with one attached hydrogen (secondary N) is 1. The van der Waals surface area contributed by atoms with Crippen LogP contribution < -0.4 is 5.32 Å². The fraction of sp³-hybridized carbons (Fsp3) is 0.444. The molecule has 1 saturated heterocycles. The van der Waals surface area contributed by atoms with Crippen LogP contribution >= 0.6 is 11.6 Å². The summed E-state index contributed by atoms with van der Waals surface area (Å²) in [6, 6.07) is 1.50. The summed E-state index contributed by atoms with van der Waals surface area (Å²) in [5.74, 6) is 0.674. The van der Waals surface area contributed by atoms with E-state index in [-0.39, 0.29) is 17.2 Å². The first-order valence-electron chi connectivity index (χ1n) is 4.67. The Kier molecular flexibility index (Phi) is 2.73. The molecule has 1 unspecified atom stereocenters. The van der Waals surface area contributed by atoms with Gasteiger partial charge in [0.1, 0.15) is 11.9 Å². The normalized spacial score (nSPS) is 20.8. The molecule has 0 aliphatic carbocycles. The van der Waals surface area contributed by atoms with Crippen LogP contribution in [0.4, 0.5) is 5.82 Å². The number of aromatic nitrogens is 2. The quantitative estimate of drug-likeness (QED) is 0.757. The Morgan fingerprint density at radius 1 is 1.67 bits per heavy atom. The Balaban J connectivity index is 2.06. The summed E-state index contributed by atoms with van der Waals surface area (Å²) in [5, 5.41) is 3.21. The van der Waals surface area contributed by atoms with E-state index in [4.69, 9.17) is 11.6 Å². The van der Waals surface area contributed by atoms with Crippen molar-refractivity contribution in [2.45, 2.75) is 12.5 Å². The maximum atomic E-state index is 11.6. The van der Waals surface area contributed by atoms with Crippen molar-refractivity contribution in [2.75, 3.05) is 18.9 Å². The molecule has 0 aromatic carbocycles. The molecule has 0 bridgehead atoms. The number of anilines is 1. The molecule has 1 N–H and O–H groups in total. The summed E-state index contributed by atoms with van der Waals surface area (Å²) >= 11 is 5.64. The number of likely N-dealkylation sites (N-methyl/N-ethyl adjacent to an activating group) is 1. The Bertz CT molecular complexity index is 384. The predicted molar refractivity (Wildman–Crippen MR) is 56.7 cm³/mol. The van der Waals surface area contributed by atoms with Gasteiger partial charge in [0.25, 0.3) is 0 Å². The van der Waals surface area contributed by atoms with Crippen molar-refractivity contribution in [1.82, 2.24) is 14.9 Å². The molecule has 1 aliphatic rings. The molecular formula is C9H11ClN4O. The van der Waals surface area contributed by atoms with Crippen LogP contribution in [-0.2, 0) is 4.79 Å². The number of rotatable bonds is 2. The smallest absolute Gasteiger partial charge is 0.244 e. The number of hydrogen-bond donors (Lipinski definition) is 1. The van der Waals surface area contributed by atoms with E-state index in [1.807, 2.05) is 0 Å². The molecule has 15 heavy (non-hydrogen) atoms. The summed E-state index contributed by atoms with van der Waals surface area (Å²) in [7, 11) is 1.79. The van der Waals surface area contributed by atoms with Crippen LogP contribution in [0.5, 0.6) is 0 Å². The van der Waals surface area contributed by atoms with Crippen LogP contribution in [0.2, 0.25) is 5.28 Å². The van der Waals surface area contributed by atoms with Gasteiger partial charge in [-0.1, -0.05) is 0 Å². The van der Waals surface area contributed by atoms with Crippen molar-refractivity contribution in [1.29, 1.82) is 0 Å². The van der Waals surface area contributed by atoms with Crippen LogP contribution in [0.3, 0.4) is 0 Å². The predicted octanol–water partition coefficient (Wildman–Crippen LogP) is 0.773. The van der Waals surface area contributed by atoms with Crippen LogP contribution in [0.15, 0.2) is 12.3 Å². The van der Waals surface area contributed by atoms with Gasteiger partial charge in [0.2, 0.25) is 11.2 Å². The van der Waals surface area contributed by atoms with E-state index in [0.717, 1.165) is 13.0 Å². The number of carbonyl (C=O) groups excluding carboxylic acids is 1. The third kappa shape index (κ3) is 2.18. The zero-order valence-electron chi connectivity index (χ0n) is 8.27. The first kappa shape index (κ1) is 10.2. The monoisotopic (exact) mass is 226 g/mol. The molecule has 6 heteroatoms. The van der Waals surface area contributed by atoms with Gasteiger partial charge in [0.05, 0.1) is 0 Å². The maximum Gasteiger partial charge on any atom is 0.244 e. The second-order valence-corrected chi connectivity index (χ2v) is 3.79. The third-order valence-electron chi connectivity index (χ3n) is 2.38. The van der Waals surface area contributed by atoms with E-state index in [0.29, 0.717) is 5.82 Å². The van der Waals surface area contributed by atoms with Crippen molar-refractivity contribution in [3.8, 4) is 0 Å². The lowest BCUT2D eigenvalue weighted by atomic mass is 10.2. The minimum Gasteiger partial charge on any atom is -0.358 e. The molecule has 1 atom stereocenters. The Hall–Kier alpha value is -1.36. The van der Waals surface area contributed by atoms with Crippen molar-refractivity contribution in [2.24, 2.45) is 0 Å². The number of nitrogens with zero attached hydrogens (tertiary/aromatic N) is 3. The van der Waals surface area contributed by atoms with E-state index < -0.39 is 0 Å². The van der Waals surface area contributed by atoms with Gasteiger partial charge in [0, 0.05) is 19.8 Å². The Labute approximate surface area is 92.5 Å². The molecule has 1 aromatic rings. The van der Waals surface area contributed by atoms with E-state index in [9.17, 15) is 4.79 Å². The number of amides is 1. The van der Waals surface area contributed by atoms with Crippen molar-refractivity contribution in [3.05, 3.63) is 17.5 Å². The van der Waals surface area contributed by atoms with Crippen LogP contribution in [0.1, 0.15) is 6.42 Å². The fourth-order valence-electron chi connectivity index (χ4n) is 1.55. The van der Waals surface area contributed by atoms with Gasteiger partial charge in [0.15, 0.2) is 0 Å². The van der Waals surface area contributed by atoms with E-state index in [1.54, 1.807) is 24.2 Å². The van der Waals surface area contributed by atoms with E-state index >= 15 is 0 Å². The van der Waals surface area contributed by atoms with Crippen LogP contribution in [0.25, 0.3) is 0 Å².